The molecule has 0 atom stereocenters. The summed E-state index contributed by atoms with van der Waals surface area (Å²) in [6.07, 6.45) is 7.62. The summed E-state index contributed by atoms with van der Waals surface area (Å²) in [6, 6.07) is 4.79. The van der Waals surface area contributed by atoms with Gasteiger partial charge in [-0.05, 0) is 31.7 Å². The summed E-state index contributed by atoms with van der Waals surface area (Å²) in [4.78, 5) is 12.1. The third-order valence-electron chi connectivity index (χ3n) is 4.46. The van der Waals surface area contributed by atoms with Crippen molar-refractivity contribution >= 4 is 34.7 Å². The first kappa shape index (κ1) is 12.7. The lowest BCUT2D eigenvalue weighted by atomic mass is 9.87. The van der Waals surface area contributed by atoms with Gasteiger partial charge in [0.1, 0.15) is 11.2 Å². The van der Waals surface area contributed by atoms with Crippen LogP contribution < -0.4 is 0 Å². The number of fused-ring (bicyclic) bond motifs is 3. The van der Waals surface area contributed by atoms with Crippen molar-refractivity contribution in [2.75, 3.05) is 0 Å². The molecule has 4 rings (SSSR count). The molecule has 0 bridgehead atoms. The van der Waals surface area contributed by atoms with Crippen molar-refractivity contribution in [3.05, 3.63) is 18.5 Å². The zero-order chi connectivity index (χ0) is 14.4. The zero-order valence-electron chi connectivity index (χ0n) is 11.5. The van der Waals surface area contributed by atoms with E-state index in [0.29, 0.717) is 6.04 Å². The maximum absolute atomic E-state index is 9.05. The Balaban J connectivity index is 1.86. The van der Waals surface area contributed by atoms with Gasteiger partial charge in [-0.15, -0.1) is 12.6 Å². The summed E-state index contributed by atoms with van der Waals surface area (Å²) < 4.78 is 2.23. The van der Waals surface area contributed by atoms with Crippen LogP contribution in [0.1, 0.15) is 31.7 Å². The maximum Gasteiger partial charge on any atom is 0.166 e. The molecule has 3 aromatic rings. The molecule has 106 valence electrons. The Hall–Kier alpha value is -2.00. The van der Waals surface area contributed by atoms with Crippen molar-refractivity contribution in [2.24, 2.45) is 5.92 Å². The molecule has 21 heavy (non-hydrogen) atoms. The Bertz CT molecular complexity index is 848. The fraction of sp³-hybridized carbons (Fsp3) is 0.400. The van der Waals surface area contributed by atoms with E-state index in [1.165, 1.54) is 0 Å². The topological polar surface area (TPSA) is 70.3 Å². The molecular weight excluding hydrogens is 282 g/mol. The second-order valence-electron chi connectivity index (χ2n) is 5.65. The molecule has 3 aromatic heterocycles. The summed E-state index contributed by atoms with van der Waals surface area (Å²) in [5.74, 6) is 0.202. The van der Waals surface area contributed by atoms with E-state index in [4.69, 9.17) is 5.26 Å². The fourth-order valence-corrected chi connectivity index (χ4v) is 3.76. The summed E-state index contributed by atoms with van der Waals surface area (Å²) >= 11 is 4.57. The van der Waals surface area contributed by atoms with Crippen molar-refractivity contribution in [1.82, 2.24) is 19.5 Å². The number of hydrogen-bond acceptors (Lipinski definition) is 4. The summed E-state index contributed by atoms with van der Waals surface area (Å²) in [7, 11) is 0. The van der Waals surface area contributed by atoms with Crippen LogP contribution in [0.15, 0.2) is 23.6 Å². The summed E-state index contributed by atoms with van der Waals surface area (Å²) in [5.41, 5.74) is 2.86. The number of pyridine rings is 1. The highest BCUT2D eigenvalue weighted by atomic mass is 32.1. The van der Waals surface area contributed by atoms with E-state index < -0.39 is 0 Å². The van der Waals surface area contributed by atoms with Crippen LogP contribution in [-0.2, 0) is 0 Å². The standard InChI is InChI=1S/C15H15N5S/c16-7-9-1-3-10(4-2-9)20-13-11-5-6-17-14(11)18-8-12(13)19-15(20)21/h5-6,8-10H,1-4H2,(H,17,18)(H,19,21). The van der Waals surface area contributed by atoms with Crippen LogP contribution in [0.5, 0.6) is 0 Å². The van der Waals surface area contributed by atoms with E-state index in [9.17, 15) is 0 Å². The lowest BCUT2D eigenvalue weighted by molar-refractivity contribution is 0.306. The number of nitrogens with one attached hydrogen (secondary N) is 1. The molecule has 1 aliphatic rings. The molecule has 0 radical (unpaired) electrons. The number of aromatic amines is 1. The highest BCUT2D eigenvalue weighted by molar-refractivity contribution is 7.80. The van der Waals surface area contributed by atoms with Crippen molar-refractivity contribution in [3.8, 4) is 6.07 Å². The first-order valence-electron chi connectivity index (χ1n) is 7.20. The quantitative estimate of drug-likeness (QED) is 0.676. The second kappa shape index (κ2) is 4.78. The lowest BCUT2D eigenvalue weighted by Crippen LogP contribution is -2.17. The summed E-state index contributed by atoms with van der Waals surface area (Å²) in [5, 5.41) is 10.9. The Morgan fingerprint density at radius 1 is 1.33 bits per heavy atom. The Morgan fingerprint density at radius 2 is 2.14 bits per heavy atom. The van der Waals surface area contributed by atoms with Gasteiger partial charge in [0.25, 0.3) is 0 Å². The van der Waals surface area contributed by atoms with Crippen LogP contribution in [0.3, 0.4) is 0 Å². The van der Waals surface area contributed by atoms with E-state index >= 15 is 0 Å². The largest absolute Gasteiger partial charge is 0.346 e. The van der Waals surface area contributed by atoms with E-state index in [2.05, 4.69) is 38.2 Å². The van der Waals surface area contributed by atoms with E-state index in [1.807, 2.05) is 12.3 Å². The molecule has 0 amide bonds. The Morgan fingerprint density at radius 3 is 2.90 bits per heavy atom. The van der Waals surface area contributed by atoms with Crippen LogP contribution >= 0.6 is 12.6 Å². The fourth-order valence-electron chi connectivity index (χ4n) is 3.39. The van der Waals surface area contributed by atoms with Gasteiger partial charge < -0.3 is 9.55 Å². The number of nitrogens with zero attached hydrogens (tertiary/aromatic N) is 4. The number of rotatable bonds is 1. The smallest absolute Gasteiger partial charge is 0.166 e. The first-order valence-corrected chi connectivity index (χ1v) is 7.65. The second-order valence-corrected chi connectivity index (χ2v) is 6.05. The number of hydrogen-bond donors (Lipinski definition) is 2. The third-order valence-corrected chi connectivity index (χ3v) is 4.78. The molecule has 1 aliphatic carbocycles. The SMILES string of the molecule is N#CC1CCC(n2c(S)nc3cnc4[nH]ccc4c32)CC1. The Labute approximate surface area is 127 Å². The monoisotopic (exact) mass is 297 g/mol. The molecular formula is C15H15N5S. The van der Waals surface area contributed by atoms with Crippen molar-refractivity contribution in [3.63, 3.8) is 0 Å². The lowest BCUT2D eigenvalue weighted by Gasteiger charge is -2.27. The van der Waals surface area contributed by atoms with Crippen LogP contribution in [0.2, 0.25) is 0 Å². The van der Waals surface area contributed by atoms with Crippen LogP contribution in [0.25, 0.3) is 22.1 Å². The van der Waals surface area contributed by atoms with Gasteiger partial charge in [0, 0.05) is 23.5 Å². The first-order chi connectivity index (χ1) is 10.3. The number of thiol groups is 1. The minimum absolute atomic E-state index is 0.202. The molecule has 0 spiro atoms. The molecule has 3 heterocycles. The molecule has 6 heteroatoms. The van der Waals surface area contributed by atoms with Crippen LogP contribution in [-0.4, -0.2) is 19.5 Å². The van der Waals surface area contributed by atoms with Gasteiger partial charge in [0.15, 0.2) is 5.16 Å². The minimum atomic E-state index is 0.202. The summed E-state index contributed by atoms with van der Waals surface area (Å²) in [6.45, 7) is 0. The van der Waals surface area contributed by atoms with Crippen LogP contribution in [0.4, 0.5) is 0 Å². The highest BCUT2D eigenvalue weighted by Crippen LogP contribution is 2.37. The number of nitriles is 1. The number of H-pyrrole nitrogens is 1. The van der Waals surface area contributed by atoms with Gasteiger partial charge in [0.05, 0.1) is 17.8 Å². The Kier molecular flexibility index (Phi) is 2.89. The molecule has 1 N–H and O–H groups in total. The van der Waals surface area contributed by atoms with Crippen molar-refractivity contribution < 1.29 is 0 Å². The normalized spacial score (nSPS) is 22.7. The van der Waals surface area contributed by atoms with E-state index in [0.717, 1.165) is 52.9 Å². The van der Waals surface area contributed by atoms with Gasteiger partial charge in [-0.3, -0.25) is 0 Å². The molecule has 5 nitrogen and oxygen atoms in total. The van der Waals surface area contributed by atoms with Gasteiger partial charge in [0.2, 0.25) is 0 Å². The number of imidazole rings is 1. The maximum atomic E-state index is 9.05. The van der Waals surface area contributed by atoms with E-state index in [-0.39, 0.29) is 5.92 Å². The molecule has 1 saturated carbocycles. The molecule has 0 aromatic carbocycles. The van der Waals surface area contributed by atoms with Gasteiger partial charge in [-0.2, -0.15) is 5.26 Å². The molecule has 1 fully saturated rings. The highest BCUT2D eigenvalue weighted by Gasteiger charge is 2.25. The van der Waals surface area contributed by atoms with Gasteiger partial charge in [-0.25, -0.2) is 9.97 Å². The molecule has 0 aliphatic heterocycles. The third kappa shape index (κ3) is 1.92. The predicted molar refractivity (Wildman–Crippen MR) is 83.2 cm³/mol. The minimum Gasteiger partial charge on any atom is -0.346 e. The van der Waals surface area contributed by atoms with Gasteiger partial charge >= 0.3 is 0 Å². The zero-order valence-corrected chi connectivity index (χ0v) is 12.3. The average Bonchev–Trinajstić information content (AvgIpc) is 3.10. The van der Waals surface area contributed by atoms with Gasteiger partial charge in [-0.1, -0.05) is 0 Å². The molecule has 0 saturated heterocycles. The van der Waals surface area contributed by atoms with E-state index in [1.54, 1.807) is 6.20 Å². The predicted octanol–water partition coefficient (Wildman–Crippen LogP) is 3.46. The van der Waals surface area contributed by atoms with Crippen LogP contribution in [0, 0.1) is 17.2 Å². The average molecular weight is 297 g/mol. The van der Waals surface area contributed by atoms with Crippen molar-refractivity contribution in [1.29, 1.82) is 5.26 Å². The number of aromatic nitrogens is 4. The molecule has 0 unspecified atom stereocenters. The van der Waals surface area contributed by atoms with Crippen molar-refractivity contribution in [2.45, 2.75) is 36.9 Å².